The van der Waals surface area contributed by atoms with Gasteiger partial charge in [-0.3, -0.25) is 5.01 Å². The number of nitrogens with zero attached hydrogens (tertiary/aromatic N) is 3. The molecule has 2 aromatic rings. The fraction of sp³-hybridized carbons (Fsp3) is 0.280. The Bertz CT molecular complexity index is 980. The number of hydrogen-bond acceptors (Lipinski definition) is 8. The van der Waals surface area contributed by atoms with Crippen molar-refractivity contribution in [3.05, 3.63) is 72.3 Å². The lowest BCUT2D eigenvalue weighted by Gasteiger charge is -2.24. The van der Waals surface area contributed by atoms with Crippen molar-refractivity contribution >= 4 is 34.8 Å². The minimum absolute atomic E-state index is 0.0111. The summed E-state index contributed by atoms with van der Waals surface area (Å²) in [5, 5.41) is 27.6. The highest BCUT2D eigenvalue weighted by molar-refractivity contribution is 6.44. The van der Waals surface area contributed by atoms with Gasteiger partial charge >= 0.3 is 5.97 Å². The number of methoxy groups -OCH3 is 1. The Morgan fingerprint density at radius 2 is 1.70 bits per heavy atom. The number of para-hydroxylation sites is 1. The van der Waals surface area contributed by atoms with Crippen LogP contribution in [0.4, 0.5) is 17.1 Å². The predicted octanol–water partition coefficient (Wildman–Crippen LogP) is 2.75. The van der Waals surface area contributed by atoms with Crippen LogP contribution in [0.3, 0.4) is 0 Å². The van der Waals surface area contributed by atoms with E-state index in [1.165, 1.54) is 7.11 Å². The number of aliphatic hydroxyl groups excluding tert-OH is 2. The summed E-state index contributed by atoms with van der Waals surface area (Å²) in [5.41, 5.74) is 4.00. The van der Waals surface area contributed by atoms with Crippen molar-refractivity contribution in [1.29, 1.82) is 0 Å². The van der Waals surface area contributed by atoms with E-state index in [4.69, 9.17) is 4.74 Å². The smallest absolute Gasteiger partial charge is 0.359 e. The van der Waals surface area contributed by atoms with Gasteiger partial charge in [0.15, 0.2) is 5.71 Å². The normalized spacial score (nSPS) is 11.4. The first-order chi connectivity index (χ1) is 15.9. The summed E-state index contributed by atoms with van der Waals surface area (Å²) in [6.45, 7) is 4.82. The summed E-state index contributed by atoms with van der Waals surface area (Å²) in [4.78, 5) is 14.3. The Morgan fingerprint density at radius 3 is 2.27 bits per heavy atom. The lowest BCUT2D eigenvalue weighted by atomic mass is 10.1. The van der Waals surface area contributed by atoms with Gasteiger partial charge in [0, 0.05) is 44.1 Å². The second-order valence-electron chi connectivity index (χ2n) is 7.11. The van der Waals surface area contributed by atoms with E-state index in [2.05, 4.69) is 17.0 Å². The first-order valence-electron chi connectivity index (χ1n) is 10.6. The summed E-state index contributed by atoms with van der Waals surface area (Å²) in [5.74, 6) is -0.591. The molecule has 0 amide bonds. The number of anilines is 3. The van der Waals surface area contributed by atoms with E-state index < -0.39 is 5.97 Å². The number of esters is 1. The van der Waals surface area contributed by atoms with Gasteiger partial charge in [-0.05, 0) is 35.9 Å². The highest BCUT2D eigenvalue weighted by atomic mass is 16.5. The van der Waals surface area contributed by atoms with Crippen molar-refractivity contribution in [3.8, 4) is 0 Å². The second-order valence-corrected chi connectivity index (χ2v) is 7.11. The fourth-order valence-electron chi connectivity index (χ4n) is 3.17. The van der Waals surface area contributed by atoms with Gasteiger partial charge in [0.05, 0.1) is 26.0 Å². The van der Waals surface area contributed by atoms with E-state index in [-0.39, 0.29) is 18.9 Å². The zero-order valence-electron chi connectivity index (χ0n) is 19.4. The molecule has 0 bridgehead atoms. The molecule has 3 N–H and O–H groups in total. The third-order valence-electron chi connectivity index (χ3n) is 4.96. The van der Waals surface area contributed by atoms with Crippen molar-refractivity contribution in [2.75, 3.05) is 62.7 Å². The number of carbonyl (C=O) groups excluding carboxylic acids is 1. The maximum Gasteiger partial charge on any atom is 0.359 e. The molecule has 0 aromatic heterocycles. The van der Waals surface area contributed by atoms with Crippen molar-refractivity contribution < 1.29 is 19.7 Å². The number of benzene rings is 2. The number of ether oxygens (including phenoxy) is 1. The summed E-state index contributed by atoms with van der Waals surface area (Å²) in [6, 6.07) is 15.2. The van der Waals surface area contributed by atoms with Crippen LogP contribution in [0.5, 0.6) is 0 Å². The van der Waals surface area contributed by atoms with Gasteiger partial charge < -0.3 is 25.2 Å². The molecule has 8 heteroatoms. The van der Waals surface area contributed by atoms with Gasteiger partial charge in [-0.15, -0.1) is 0 Å². The van der Waals surface area contributed by atoms with Crippen LogP contribution in [0, 0.1) is 0 Å². The summed E-state index contributed by atoms with van der Waals surface area (Å²) in [6.07, 6.45) is 3.59. The van der Waals surface area contributed by atoms with Gasteiger partial charge in [0.25, 0.3) is 0 Å². The summed E-state index contributed by atoms with van der Waals surface area (Å²) >= 11 is 0. The topological polar surface area (TPSA) is 97.6 Å². The van der Waals surface area contributed by atoms with Crippen LogP contribution in [0.1, 0.15) is 5.56 Å². The molecule has 2 aromatic carbocycles. The third-order valence-corrected chi connectivity index (χ3v) is 4.96. The molecule has 0 aliphatic rings. The standard InChI is InChI=1S/C25H32N4O4/c1-19(9-10-20-7-5-6-8-23(20)26-2)24(25(32)33-4)27-28(3)21-11-13-22(14-12-21)29(15-17-30)16-18-31/h5-14,26,30-31H,1,15-18H2,2-4H3/b10-9-,27-24-. The predicted molar refractivity (Wildman–Crippen MR) is 135 cm³/mol. The number of aliphatic hydroxyl groups is 2. The number of carbonyl (C=O) groups is 1. The van der Waals surface area contributed by atoms with E-state index in [1.807, 2.05) is 66.6 Å². The maximum atomic E-state index is 12.4. The highest BCUT2D eigenvalue weighted by Crippen LogP contribution is 2.21. The average molecular weight is 453 g/mol. The van der Waals surface area contributed by atoms with Crippen LogP contribution in [0.2, 0.25) is 0 Å². The van der Waals surface area contributed by atoms with E-state index in [0.29, 0.717) is 18.7 Å². The molecule has 0 unspecified atom stereocenters. The van der Waals surface area contributed by atoms with Crippen LogP contribution < -0.4 is 15.2 Å². The Labute approximate surface area is 195 Å². The molecule has 176 valence electrons. The quantitative estimate of drug-likeness (QED) is 0.197. The fourth-order valence-corrected chi connectivity index (χ4v) is 3.17. The Morgan fingerprint density at radius 1 is 1.09 bits per heavy atom. The molecule has 0 radical (unpaired) electrons. The maximum absolute atomic E-state index is 12.4. The van der Waals surface area contributed by atoms with Crippen molar-refractivity contribution in [3.63, 3.8) is 0 Å². The largest absolute Gasteiger partial charge is 0.464 e. The first-order valence-corrected chi connectivity index (χ1v) is 10.6. The van der Waals surface area contributed by atoms with E-state index in [9.17, 15) is 15.0 Å². The number of hydrazone groups is 1. The van der Waals surface area contributed by atoms with Crippen molar-refractivity contribution in [2.24, 2.45) is 5.10 Å². The molecular formula is C25H32N4O4. The van der Waals surface area contributed by atoms with Crippen LogP contribution >= 0.6 is 0 Å². The van der Waals surface area contributed by atoms with Crippen molar-refractivity contribution in [1.82, 2.24) is 0 Å². The molecule has 8 nitrogen and oxygen atoms in total. The van der Waals surface area contributed by atoms with Gasteiger partial charge in [-0.25, -0.2) is 4.79 Å². The van der Waals surface area contributed by atoms with Gasteiger partial charge in [-0.1, -0.05) is 36.9 Å². The molecule has 0 saturated carbocycles. The van der Waals surface area contributed by atoms with Crippen LogP contribution in [-0.4, -0.2) is 69.4 Å². The molecule has 0 heterocycles. The SMILES string of the molecule is C=C(/C=C\c1ccccc1NC)/C(=N/N(C)c1ccc(N(CCO)CCO)cc1)C(=O)OC. The third kappa shape index (κ3) is 7.20. The number of allylic oxidation sites excluding steroid dienone is 1. The minimum Gasteiger partial charge on any atom is -0.464 e. The van der Waals surface area contributed by atoms with Crippen molar-refractivity contribution in [2.45, 2.75) is 0 Å². The number of nitrogens with one attached hydrogen (secondary N) is 1. The lowest BCUT2D eigenvalue weighted by molar-refractivity contribution is -0.132. The van der Waals surface area contributed by atoms with Gasteiger partial charge in [0.2, 0.25) is 0 Å². The van der Waals surface area contributed by atoms with E-state index in [0.717, 1.165) is 22.6 Å². The molecule has 2 rings (SSSR count). The molecule has 0 fully saturated rings. The summed E-state index contributed by atoms with van der Waals surface area (Å²) in [7, 11) is 4.87. The Kier molecular flexibility index (Phi) is 10.1. The monoisotopic (exact) mass is 452 g/mol. The zero-order chi connectivity index (χ0) is 24.2. The van der Waals surface area contributed by atoms with Gasteiger partial charge in [0.1, 0.15) is 0 Å². The van der Waals surface area contributed by atoms with Crippen LogP contribution in [0.25, 0.3) is 6.08 Å². The first kappa shape index (κ1) is 25.6. The molecule has 0 saturated heterocycles. The van der Waals surface area contributed by atoms with E-state index in [1.54, 1.807) is 18.1 Å². The molecule has 33 heavy (non-hydrogen) atoms. The number of hydrogen-bond donors (Lipinski definition) is 3. The molecule has 0 aliphatic heterocycles. The second kappa shape index (κ2) is 13.0. The highest BCUT2D eigenvalue weighted by Gasteiger charge is 2.16. The lowest BCUT2D eigenvalue weighted by Crippen LogP contribution is -2.29. The van der Waals surface area contributed by atoms with Crippen LogP contribution in [0.15, 0.2) is 71.9 Å². The Hall–Kier alpha value is -3.62. The molecule has 0 aliphatic carbocycles. The molecular weight excluding hydrogens is 420 g/mol. The van der Waals surface area contributed by atoms with Crippen LogP contribution in [-0.2, 0) is 9.53 Å². The van der Waals surface area contributed by atoms with Gasteiger partial charge in [-0.2, -0.15) is 5.10 Å². The zero-order valence-corrected chi connectivity index (χ0v) is 19.4. The molecule has 0 atom stereocenters. The average Bonchev–Trinajstić information content (AvgIpc) is 2.85. The minimum atomic E-state index is -0.591. The Balaban J connectivity index is 2.25. The van der Waals surface area contributed by atoms with E-state index >= 15 is 0 Å². The number of rotatable bonds is 12. The summed E-state index contributed by atoms with van der Waals surface area (Å²) < 4.78 is 4.91. The molecule has 0 spiro atoms.